The lowest BCUT2D eigenvalue weighted by Crippen LogP contribution is -2.07. The maximum absolute atomic E-state index is 12.9. The fourth-order valence-electron chi connectivity index (χ4n) is 3.47. The molecule has 0 saturated heterocycles. The Morgan fingerprint density at radius 1 is 1.13 bits per heavy atom. The summed E-state index contributed by atoms with van der Waals surface area (Å²) in [6.07, 6.45) is 0. The highest BCUT2D eigenvalue weighted by molar-refractivity contribution is 7.99. The van der Waals surface area contributed by atoms with Crippen LogP contribution in [0.2, 0.25) is 0 Å². The molecule has 0 aliphatic rings. The number of hydrogen-bond donors (Lipinski definition) is 0. The molecule has 0 saturated carbocycles. The smallest absolute Gasteiger partial charge is 0.337 e. The predicted molar refractivity (Wildman–Crippen MR) is 117 cm³/mol. The molecule has 0 spiro atoms. The minimum atomic E-state index is -0.375. The molecule has 0 fully saturated rings. The van der Waals surface area contributed by atoms with Gasteiger partial charge in [-0.2, -0.15) is 0 Å². The molecule has 7 nitrogen and oxygen atoms in total. The largest absolute Gasteiger partial charge is 0.465 e. The molecule has 3 rings (SSSR count). The number of methoxy groups -OCH3 is 1. The summed E-state index contributed by atoms with van der Waals surface area (Å²) in [7, 11) is 3.28. The summed E-state index contributed by atoms with van der Waals surface area (Å²) in [4.78, 5) is 24.6. The van der Waals surface area contributed by atoms with Crippen LogP contribution in [0.3, 0.4) is 0 Å². The van der Waals surface area contributed by atoms with E-state index in [4.69, 9.17) is 4.74 Å². The van der Waals surface area contributed by atoms with Crippen molar-refractivity contribution in [1.82, 2.24) is 19.3 Å². The Morgan fingerprint density at radius 2 is 1.80 bits per heavy atom. The monoisotopic (exact) mass is 426 g/mol. The average molecular weight is 427 g/mol. The van der Waals surface area contributed by atoms with Crippen molar-refractivity contribution >= 4 is 23.5 Å². The summed E-state index contributed by atoms with van der Waals surface area (Å²) in [6.45, 7) is 8.02. The van der Waals surface area contributed by atoms with Gasteiger partial charge in [0.15, 0.2) is 10.9 Å². The van der Waals surface area contributed by atoms with E-state index >= 15 is 0 Å². The van der Waals surface area contributed by atoms with E-state index in [0.717, 1.165) is 28.1 Å². The van der Waals surface area contributed by atoms with E-state index in [9.17, 15) is 9.59 Å². The lowest BCUT2D eigenvalue weighted by atomic mass is 10.2. The lowest BCUT2D eigenvalue weighted by Gasteiger charge is -2.10. The zero-order valence-electron chi connectivity index (χ0n) is 18.1. The van der Waals surface area contributed by atoms with E-state index in [1.54, 1.807) is 12.1 Å². The molecule has 2 heterocycles. The molecule has 0 aliphatic heterocycles. The number of ether oxygens (including phenoxy) is 1. The zero-order chi connectivity index (χ0) is 22.0. The Kier molecular flexibility index (Phi) is 6.45. The molecule has 0 amide bonds. The Morgan fingerprint density at radius 3 is 2.37 bits per heavy atom. The summed E-state index contributed by atoms with van der Waals surface area (Å²) < 4.78 is 8.70. The molecular weight excluding hydrogens is 400 g/mol. The van der Waals surface area contributed by atoms with Gasteiger partial charge in [0.25, 0.3) is 0 Å². The number of aromatic nitrogens is 4. The third-order valence-electron chi connectivity index (χ3n) is 5.00. The number of carbonyl (C=O) groups is 2. The molecule has 2 aromatic heterocycles. The number of hydrogen-bond acceptors (Lipinski definition) is 6. The topological polar surface area (TPSA) is 79.0 Å². The number of nitrogens with zero attached hydrogens (tertiary/aromatic N) is 4. The van der Waals surface area contributed by atoms with Crippen LogP contribution in [0.15, 0.2) is 35.5 Å². The van der Waals surface area contributed by atoms with E-state index in [2.05, 4.69) is 24.0 Å². The van der Waals surface area contributed by atoms with Crippen molar-refractivity contribution in [3.63, 3.8) is 0 Å². The summed E-state index contributed by atoms with van der Waals surface area (Å²) in [6, 6.07) is 9.04. The van der Waals surface area contributed by atoms with Gasteiger partial charge in [-0.05, 0) is 44.2 Å². The highest BCUT2D eigenvalue weighted by atomic mass is 32.2. The number of ketones is 1. The van der Waals surface area contributed by atoms with Gasteiger partial charge in [0.2, 0.25) is 0 Å². The van der Waals surface area contributed by atoms with Gasteiger partial charge in [0.1, 0.15) is 5.82 Å². The highest BCUT2D eigenvalue weighted by Crippen LogP contribution is 2.25. The van der Waals surface area contributed by atoms with E-state index in [0.29, 0.717) is 11.1 Å². The Balaban J connectivity index is 1.79. The first-order valence-corrected chi connectivity index (χ1v) is 10.7. The van der Waals surface area contributed by atoms with Gasteiger partial charge in [0.05, 0.1) is 18.4 Å². The maximum Gasteiger partial charge on any atom is 0.337 e. The molecule has 30 heavy (non-hydrogen) atoms. The summed E-state index contributed by atoms with van der Waals surface area (Å²) >= 11 is 1.39. The number of carbonyl (C=O) groups excluding carboxylic acids is 2. The van der Waals surface area contributed by atoms with Gasteiger partial charge in [-0.1, -0.05) is 25.6 Å². The van der Waals surface area contributed by atoms with Crippen LogP contribution in [0, 0.1) is 13.8 Å². The maximum atomic E-state index is 12.9. The van der Waals surface area contributed by atoms with E-state index in [-0.39, 0.29) is 23.4 Å². The first-order valence-electron chi connectivity index (χ1n) is 9.67. The first kappa shape index (κ1) is 21.8. The number of Topliss-reactive ketones (excluding diaryl/α,β-unsaturated/α-hetero) is 1. The molecule has 8 heteroatoms. The van der Waals surface area contributed by atoms with E-state index in [1.807, 2.05) is 48.2 Å². The third-order valence-corrected chi connectivity index (χ3v) is 6.02. The normalized spacial score (nSPS) is 11.2. The van der Waals surface area contributed by atoms with Crippen molar-refractivity contribution in [2.45, 2.75) is 38.8 Å². The standard InChI is InChI=1S/C22H26N4O3S/c1-13(2)20-23-24-22(25(20)5)30-12-19(27)18-11-14(3)26(15(18)4)17-9-7-16(8-10-17)21(28)29-6/h7-11,13H,12H2,1-6H3. The quantitative estimate of drug-likeness (QED) is 0.321. The van der Waals surface area contributed by atoms with Crippen molar-refractivity contribution in [1.29, 1.82) is 0 Å². The van der Waals surface area contributed by atoms with Gasteiger partial charge < -0.3 is 13.9 Å². The fourth-order valence-corrected chi connectivity index (χ4v) is 4.27. The van der Waals surface area contributed by atoms with Gasteiger partial charge in [0, 0.05) is 35.6 Å². The van der Waals surface area contributed by atoms with E-state index in [1.165, 1.54) is 18.9 Å². The first-order chi connectivity index (χ1) is 14.2. The van der Waals surface area contributed by atoms with Gasteiger partial charge in [-0.15, -0.1) is 10.2 Å². The number of aryl methyl sites for hydroxylation is 1. The van der Waals surface area contributed by atoms with Crippen LogP contribution in [0.4, 0.5) is 0 Å². The number of esters is 1. The third kappa shape index (κ3) is 4.18. The molecule has 0 bridgehead atoms. The number of rotatable bonds is 7. The van der Waals surface area contributed by atoms with Crippen LogP contribution in [-0.4, -0.2) is 43.9 Å². The molecule has 0 atom stereocenters. The Bertz CT molecular complexity index is 1080. The van der Waals surface area contributed by atoms with Crippen LogP contribution < -0.4 is 0 Å². The van der Waals surface area contributed by atoms with Crippen molar-refractivity contribution in [3.8, 4) is 5.69 Å². The van der Waals surface area contributed by atoms with Crippen molar-refractivity contribution in [3.05, 3.63) is 58.7 Å². The zero-order valence-corrected chi connectivity index (χ0v) is 18.9. The van der Waals surface area contributed by atoms with Crippen LogP contribution >= 0.6 is 11.8 Å². The van der Waals surface area contributed by atoms with Gasteiger partial charge in [-0.25, -0.2) is 4.79 Å². The minimum Gasteiger partial charge on any atom is -0.465 e. The van der Waals surface area contributed by atoms with Crippen LogP contribution in [0.5, 0.6) is 0 Å². The highest BCUT2D eigenvalue weighted by Gasteiger charge is 2.19. The second kappa shape index (κ2) is 8.87. The second-order valence-corrected chi connectivity index (χ2v) is 8.37. The van der Waals surface area contributed by atoms with Crippen LogP contribution in [0.25, 0.3) is 5.69 Å². The number of thioether (sulfide) groups is 1. The van der Waals surface area contributed by atoms with Crippen LogP contribution in [0.1, 0.15) is 57.7 Å². The molecule has 158 valence electrons. The molecule has 0 N–H and O–H groups in total. The second-order valence-electron chi connectivity index (χ2n) is 7.43. The number of benzene rings is 1. The molecule has 0 radical (unpaired) electrons. The predicted octanol–water partition coefficient (Wildman–Crippen LogP) is 4.11. The van der Waals surface area contributed by atoms with Crippen LogP contribution in [-0.2, 0) is 11.8 Å². The Hall–Kier alpha value is -2.87. The van der Waals surface area contributed by atoms with E-state index < -0.39 is 0 Å². The van der Waals surface area contributed by atoms with Gasteiger partial charge >= 0.3 is 5.97 Å². The SMILES string of the molecule is COC(=O)c1ccc(-n2c(C)cc(C(=O)CSc3nnc(C(C)C)n3C)c2C)cc1. The minimum absolute atomic E-state index is 0.0413. The summed E-state index contributed by atoms with van der Waals surface area (Å²) in [5, 5.41) is 9.15. The molecule has 3 aromatic rings. The molecule has 0 unspecified atom stereocenters. The summed E-state index contributed by atoms with van der Waals surface area (Å²) in [5.74, 6) is 1.13. The van der Waals surface area contributed by atoms with Gasteiger partial charge in [-0.3, -0.25) is 4.79 Å². The van der Waals surface area contributed by atoms with Crippen molar-refractivity contribution < 1.29 is 14.3 Å². The fraction of sp³-hybridized carbons (Fsp3) is 0.364. The average Bonchev–Trinajstić information content (AvgIpc) is 3.24. The van der Waals surface area contributed by atoms with Crippen molar-refractivity contribution in [2.75, 3.05) is 12.9 Å². The molecule has 1 aromatic carbocycles. The Labute approximate surface area is 180 Å². The molecular formula is C22H26N4O3S. The lowest BCUT2D eigenvalue weighted by molar-refractivity contribution is 0.0600. The summed E-state index contributed by atoms with van der Waals surface area (Å²) in [5.41, 5.74) is 3.88. The van der Waals surface area contributed by atoms with Crippen molar-refractivity contribution in [2.24, 2.45) is 7.05 Å². The molecule has 0 aliphatic carbocycles.